The maximum atomic E-state index is 11.6. The maximum Gasteiger partial charge on any atom is 0.409 e. The third-order valence-corrected chi connectivity index (χ3v) is 3.53. The van der Waals surface area contributed by atoms with Gasteiger partial charge in [-0.25, -0.2) is 4.79 Å². The van der Waals surface area contributed by atoms with Crippen LogP contribution in [-0.4, -0.2) is 41.7 Å². The zero-order valence-corrected chi connectivity index (χ0v) is 12.5. The molecule has 1 saturated heterocycles. The Balaban J connectivity index is 1.82. The first-order valence-corrected chi connectivity index (χ1v) is 7.27. The number of carbonyl (C=O) groups excluding carboxylic acids is 1. The van der Waals surface area contributed by atoms with Crippen LogP contribution in [0.1, 0.15) is 19.8 Å². The molecule has 1 aliphatic rings. The second kappa shape index (κ2) is 6.75. The number of aromatic nitrogens is 1. The molecule has 1 aliphatic heterocycles. The number of nitrogens with zero attached hydrogens (tertiary/aromatic N) is 2. The Morgan fingerprint density at radius 3 is 2.89 bits per heavy atom. The predicted molar refractivity (Wildman–Crippen MR) is 77.2 cm³/mol. The van der Waals surface area contributed by atoms with Crippen molar-refractivity contribution in [3.8, 4) is 0 Å². The lowest BCUT2D eigenvalue weighted by atomic mass is 10.1. The highest BCUT2D eigenvalue weighted by molar-refractivity contribution is 9.10. The fourth-order valence-electron chi connectivity index (χ4n) is 2.15. The van der Waals surface area contributed by atoms with E-state index in [-0.39, 0.29) is 6.09 Å². The minimum Gasteiger partial charge on any atom is -0.450 e. The Morgan fingerprint density at radius 1 is 1.53 bits per heavy atom. The molecule has 1 fully saturated rings. The van der Waals surface area contributed by atoms with Gasteiger partial charge in [-0.05, 0) is 41.8 Å². The minimum atomic E-state index is -0.204. The highest BCUT2D eigenvalue weighted by atomic mass is 79.9. The van der Waals surface area contributed by atoms with Crippen molar-refractivity contribution in [2.24, 2.45) is 0 Å². The van der Waals surface area contributed by atoms with Gasteiger partial charge in [-0.1, -0.05) is 0 Å². The van der Waals surface area contributed by atoms with E-state index in [9.17, 15) is 4.79 Å². The van der Waals surface area contributed by atoms with E-state index in [1.165, 1.54) is 0 Å². The van der Waals surface area contributed by atoms with E-state index in [0.717, 1.165) is 36.1 Å². The van der Waals surface area contributed by atoms with Gasteiger partial charge in [0.25, 0.3) is 0 Å². The molecule has 0 unspecified atom stereocenters. The minimum absolute atomic E-state index is 0.204. The summed E-state index contributed by atoms with van der Waals surface area (Å²) in [6, 6.07) is 2.38. The number of hydrogen-bond donors (Lipinski definition) is 1. The molecule has 1 aromatic heterocycles. The number of rotatable bonds is 3. The molecule has 0 bridgehead atoms. The van der Waals surface area contributed by atoms with Crippen molar-refractivity contribution in [1.82, 2.24) is 9.88 Å². The summed E-state index contributed by atoms with van der Waals surface area (Å²) in [5.74, 6) is 0. The maximum absolute atomic E-state index is 11.6. The summed E-state index contributed by atoms with van der Waals surface area (Å²) >= 11 is 3.40. The molecule has 0 saturated carbocycles. The standard InChI is InChI=1S/C13H18BrN3O2/c1-2-19-13(18)17-5-3-11(4-6-17)16-12-7-10(14)8-15-9-12/h7-9,11,16H,2-6H2,1H3. The Morgan fingerprint density at radius 2 is 2.26 bits per heavy atom. The first-order valence-electron chi connectivity index (χ1n) is 6.48. The van der Waals surface area contributed by atoms with Crippen molar-refractivity contribution in [2.45, 2.75) is 25.8 Å². The van der Waals surface area contributed by atoms with Crippen LogP contribution >= 0.6 is 15.9 Å². The van der Waals surface area contributed by atoms with Gasteiger partial charge in [-0.3, -0.25) is 4.98 Å². The van der Waals surface area contributed by atoms with Gasteiger partial charge in [0, 0.05) is 29.8 Å². The topological polar surface area (TPSA) is 54.5 Å². The van der Waals surface area contributed by atoms with Crippen molar-refractivity contribution in [2.75, 3.05) is 25.0 Å². The molecule has 1 N–H and O–H groups in total. The second-order valence-corrected chi connectivity index (χ2v) is 5.41. The summed E-state index contributed by atoms with van der Waals surface area (Å²) < 4.78 is 5.96. The average Bonchev–Trinajstić information content (AvgIpc) is 2.40. The largest absolute Gasteiger partial charge is 0.450 e. The molecule has 104 valence electrons. The van der Waals surface area contributed by atoms with E-state index in [1.807, 2.05) is 19.2 Å². The van der Waals surface area contributed by atoms with Crippen molar-refractivity contribution < 1.29 is 9.53 Å². The summed E-state index contributed by atoms with van der Waals surface area (Å²) in [6.45, 7) is 3.73. The molecule has 0 aromatic carbocycles. The number of anilines is 1. The van der Waals surface area contributed by atoms with E-state index in [4.69, 9.17) is 4.74 Å². The predicted octanol–water partition coefficient (Wildman–Crippen LogP) is 2.88. The zero-order chi connectivity index (χ0) is 13.7. The molecule has 0 radical (unpaired) electrons. The molecule has 2 rings (SSSR count). The Labute approximate surface area is 121 Å². The Bertz CT molecular complexity index is 434. The summed E-state index contributed by atoms with van der Waals surface area (Å²) in [4.78, 5) is 17.5. The molecule has 0 aliphatic carbocycles. The monoisotopic (exact) mass is 327 g/mol. The smallest absolute Gasteiger partial charge is 0.409 e. The van der Waals surface area contributed by atoms with Crippen LogP contribution in [0.4, 0.5) is 10.5 Å². The first-order chi connectivity index (χ1) is 9.19. The summed E-state index contributed by atoms with van der Waals surface area (Å²) in [5, 5.41) is 3.44. The number of halogens is 1. The molecule has 19 heavy (non-hydrogen) atoms. The molecule has 6 heteroatoms. The van der Waals surface area contributed by atoms with E-state index in [0.29, 0.717) is 12.6 Å². The van der Waals surface area contributed by atoms with Gasteiger partial charge in [0.2, 0.25) is 0 Å². The number of nitrogens with one attached hydrogen (secondary N) is 1. The highest BCUT2D eigenvalue weighted by Crippen LogP contribution is 2.19. The third-order valence-electron chi connectivity index (χ3n) is 3.10. The second-order valence-electron chi connectivity index (χ2n) is 4.50. The van der Waals surface area contributed by atoms with E-state index < -0.39 is 0 Å². The fourth-order valence-corrected chi connectivity index (χ4v) is 2.51. The van der Waals surface area contributed by atoms with Crippen LogP contribution in [-0.2, 0) is 4.74 Å². The number of hydrogen-bond acceptors (Lipinski definition) is 4. The van der Waals surface area contributed by atoms with Crippen LogP contribution in [0.3, 0.4) is 0 Å². The van der Waals surface area contributed by atoms with Gasteiger partial charge >= 0.3 is 6.09 Å². The number of amides is 1. The van der Waals surface area contributed by atoms with Crippen LogP contribution in [0.15, 0.2) is 22.9 Å². The normalized spacial score (nSPS) is 16.2. The van der Waals surface area contributed by atoms with E-state index >= 15 is 0 Å². The number of pyridine rings is 1. The molecular formula is C13H18BrN3O2. The molecule has 2 heterocycles. The van der Waals surface area contributed by atoms with Gasteiger partial charge in [-0.2, -0.15) is 0 Å². The average molecular weight is 328 g/mol. The number of piperidine rings is 1. The lowest BCUT2D eigenvalue weighted by molar-refractivity contribution is 0.0983. The van der Waals surface area contributed by atoms with E-state index in [2.05, 4.69) is 26.2 Å². The summed E-state index contributed by atoms with van der Waals surface area (Å²) in [7, 11) is 0. The quantitative estimate of drug-likeness (QED) is 0.927. The number of ether oxygens (including phenoxy) is 1. The van der Waals surface area contributed by atoms with Crippen molar-refractivity contribution >= 4 is 27.7 Å². The number of carbonyl (C=O) groups is 1. The van der Waals surface area contributed by atoms with E-state index in [1.54, 1.807) is 11.1 Å². The van der Waals surface area contributed by atoms with Gasteiger partial charge in [-0.15, -0.1) is 0 Å². The summed E-state index contributed by atoms with van der Waals surface area (Å²) in [5.41, 5.74) is 1.00. The molecule has 1 aromatic rings. The first kappa shape index (κ1) is 14.1. The molecular weight excluding hydrogens is 310 g/mol. The summed E-state index contributed by atoms with van der Waals surface area (Å²) in [6.07, 6.45) is 5.21. The van der Waals surface area contributed by atoms with Crippen molar-refractivity contribution in [1.29, 1.82) is 0 Å². The van der Waals surface area contributed by atoms with Gasteiger partial charge < -0.3 is 15.0 Å². The van der Waals surface area contributed by atoms with Gasteiger partial charge in [0.05, 0.1) is 18.5 Å². The van der Waals surface area contributed by atoms with Crippen LogP contribution in [0.5, 0.6) is 0 Å². The van der Waals surface area contributed by atoms with Crippen molar-refractivity contribution in [3.05, 3.63) is 22.9 Å². The van der Waals surface area contributed by atoms with Gasteiger partial charge in [0.15, 0.2) is 0 Å². The fraction of sp³-hybridized carbons (Fsp3) is 0.538. The lowest BCUT2D eigenvalue weighted by Crippen LogP contribution is -2.42. The Kier molecular flexibility index (Phi) is 5.01. The number of likely N-dealkylation sites (tertiary alicyclic amines) is 1. The zero-order valence-electron chi connectivity index (χ0n) is 10.9. The molecule has 0 atom stereocenters. The van der Waals surface area contributed by atoms with Crippen LogP contribution < -0.4 is 5.32 Å². The lowest BCUT2D eigenvalue weighted by Gasteiger charge is -2.32. The molecule has 5 nitrogen and oxygen atoms in total. The third kappa shape index (κ3) is 4.09. The van der Waals surface area contributed by atoms with Gasteiger partial charge in [0.1, 0.15) is 0 Å². The van der Waals surface area contributed by atoms with Crippen LogP contribution in [0, 0.1) is 0 Å². The van der Waals surface area contributed by atoms with Crippen molar-refractivity contribution in [3.63, 3.8) is 0 Å². The van der Waals surface area contributed by atoms with Crippen LogP contribution in [0.2, 0.25) is 0 Å². The molecule has 0 spiro atoms. The van der Waals surface area contributed by atoms with Crippen LogP contribution in [0.25, 0.3) is 0 Å². The SMILES string of the molecule is CCOC(=O)N1CCC(Nc2cncc(Br)c2)CC1. The Hall–Kier alpha value is -1.30. The molecule has 1 amide bonds. The highest BCUT2D eigenvalue weighted by Gasteiger charge is 2.23.